The van der Waals surface area contributed by atoms with E-state index < -0.39 is 9.75 Å². The number of hydrogen-bond donors (Lipinski definition) is 1. The van der Waals surface area contributed by atoms with Gasteiger partial charge in [-0.15, -0.1) is 23.2 Å². The highest BCUT2D eigenvalue weighted by Gasteiger charge is 2.67. The van der Waals surface area contributed by atoms with E-state index in [0.717, 1.165) is 26.3 Å². The van der Waals surface area contributed by atoms with Crippen molar-refractivity contribution in [1.29, 1.82) is 0 Å². The number of amides is 1. The van der Waals surface area contributed by atoms with Crippen LogP contribution in [0.25, 0.3) is 0 Å². The summed E-state index contributed by atoms with van der Waals surface area (Å²) in [7, 11) is 0. The van der Waals surface area contributed by atoms with Crippen molar-refractivity contribution in [2.24, 2.45) is 5.41 Å². The Morgan fingerprint density at radius 2 is 1.89 bits per heavy atom. The van der Waals surface area contributed by atoms with Crippen LogP contribution in [0.15, 0.2) is 0 Å². The largest absolute Gasteiger partial charge is 0.379 e. The van der Waals surface area contributed by atoms with Crippen LogP contribution in [0.4, 0.5) is 0 Å². The van der Waals surface area contributed by atoms with Gasteiger partial charge < -0.3 is 10.1 Å². The minimum absolute atomic E-state index is 0.0566. The van der Waals surface area contributed by atoms with Gasteiger partial charge in [-0.3, -0.25) is 9.69 Å². The summed E-state index contributed by atoms with van der Waals surface area (Å²) in [6, 6.07) is 0. The molecule has 6 heteroatoms. The zero-order chi connectivity index (χ0) is 14.3. The van der Waals surface area contributed by atoms with E-state index in [0.29, 0.717) is 13.0 Å². The normalized spacial score (nSPS) is 31.0. The van der Waals surface area contributed by atoms with Crippen LogP contribution in [0.1, 0.15) is 27.2 Å². The van der Waals surface area contributed by atoms with Crippen molar-refractivity contribution in [3.63, 3.8) is 0 Å². The third kappa shape index (κ3) is 3.02. The van der Waals surface area contributed by atoms with Crippen molar-refractivity contribution in [2.75, 3.05) is 32.8 Å². The molecule has 1 aliphatic carbocycles. The molecular weight excluding hydrogens is 287 g/mol. The molecule has 0 spiro atoms. The van der Waals surface area contributed by atoms with Crippen molar-refractivity contribution in [2.45, 2.75) is 37.1 Å². The lowest BCUT2D eigenvalue weighted by molar-refractivity contribution is -0.126. The smallest absolute Gasteiger partial charge is 0.229 e. The van der Waals surface area contributed by atoms with Crippen LogP contribution in [-0.2, 0) is 9.53 Å². The van der Waals surface area contributed by atoms with Crippen LogP contribution in [0, 0.1) is 5.41 Å². The summed E-state index contributed by atoms with van der Waals surface area (Å²) in [5.41, 5.74) is -0.733. The molecule has 19 heavy (non-hydrogen) atoms. The number of rotatable bonds is 4. The van der Waals surface area contributed by atoms with Gasteiger partial charge in [0.25, 0.3) is 0 Å². The number of ether oxygens (including phenoxy) is 1. The molecule has 1 unspecified atom stereocenters. The Morgan fingerprint density at radius 1 is 1.37 bits per heavy atom. The highest BCUT2D eigenvalue weighted by Crippen LogP contribution is 2.63. The van der Waals surface area contributed by atoms with E-state index in [2.05, 4.69) is 24.1 Å². The van der Waals surface area contributed by atoms with Gasteiger partial charge in [0.2, 0.25) is 5.91 Å². The Hall–Kier alpha value is -0.0300. The predicted octanol–water partition coefficient (Wildman–Crippen LogP) is 1.80. The quantitative estimate of drug-likeness (QED) is 0.805. The molecule has 0 bridgehead atoms. The molecule has 0 aromatic carbocycles. The molecule has 1 atom stereocenters. The van der Waals surface area contributed by atoms with Crippen LogP contribution < -0.4 is 5.32 Å². The van der Waals surface area contributed by atoms with Crippen molar-refractivity contribution in [3.05, 3.63) is 0 Å². The summed E-state index contributed by atoms with van der Waals surface area (Å²) >= 11 is 12.0. The molecule has 1 saturated heterocycles. The molecule has 2 aliphatic rings. The van der Waals surface area contributed by atoms with Crippen LogP contribution in [0.5, 0.6) is 0 Å². The lowest BCUT2D eigenvalue weighted by atomic mass is 10.0. The summed E-state index contributed by atoms with van der Waals surface area (Å²) in [5, 5.41) is 2.99. The van der Waals surface area contributed by atoms with E-state index in [-0.39, 0.29) is 11.4 Å². The van der Waals surface area contributed by atoms with Gasteiger partial charge in [0.1, 0.15) is 4.33 Å². The molecule has 1 amide bonds. The molecule has 110 valence electrons. The number of carbonyl (C=O) groups excluding carboxylic acids is 1. The van der Waals surface area contributed by atoms with Crippen molar-refractivity contribution < 1.29 is 9.53 Å². The Labute approximate surface area is 124 Å². The average Bonchev–Trinajstić information content (AvgIpc) is 2.88. The fourth-order valence-electron chi connectivity index (χ4n) is 2.42. The molecule has 1 aliphatic heterocycles. The first kappa shape index (κ1) is 15.4. The molecule has 2 fully saturated rings. The van der Waals surface area contributed by atoms with Gasteiger partial charge in [0.05, 0.1) is 18.6 Å². The third-order valence-electron chi connectivity index (χ3n) is 4.31. The van der Waals surface area contributed by atoms with Gasteiger partial charge in [-0.05, 0) is 27.2 Å². The van der Waals surface area contributed by atoms with Gasteiger partial charge in [0, 0.05) is 25.2 Å². The summed E-state index contributed by atoms with van der Waals surface area (Å²) in [6.07, 6.45) is 0.521. The van der Waals surface area contributed by atoms with Gasteiger partial charge in [0.15, 0.2) is 0 Å². The highest BCUT2D eigenvalue weighted by molar-refractivity contribution is 6.53. The second-order valence-corrected chi connectivity index (χ2v) is 7.79. The number of nitrogens with one attached hydrogen (secondary N) is 1. The van der Waals surface area contributed by atoms with E-state index in [1.54, 1.807) is 0 Å². The monoisotopic (exact) mass is 308 g/mol. The SMILES string of the molecule is CC(C)(CNC(=O)C1(C)CC1(Cl)Cl)N1CCOCC1. The molecule has 1 heterocycles. The van der Waals surface area contributed by atoms with E-state index >= 15 is 0 Å². The summed E-state index contributed by atoms with van der Waals surface area (Å²) < 4.78 is 4.45. The van der Waals surface area contributed by atoms with Gasteiger partial charge in [-0.25, -0.2) is 0 Å². The lowest BCUT2D eigenvalue weighted by Gasteiger charge is -2.41. The first-order valence-electron chi connectivity index (χ1n) is 6.68. The molecule has 4 nitrogen and oxygen atoms in total. The maximum absolute atomic E-state index is 12.1. The van der Waals surface area contributed by atoms with E-state index in [9.17, 15) is 4.79 Å². The number of nitrogens with zero attached hydrogens (tertiary/aromatic N) is 1. The number of alkyl halides is 2. The fourth-order valence-corrected chi connectivity index (χ4v) is 3.12. The first-order valence-corrected chi connectivity index (χ1v) is 7.44. The molecule has 2 rings (SSSR count). The topological polar surface area (TPSA) is 41.6 Å². The number of halogens is 2. The molecular formula is C13H22Cl2N2O2. The summed E-state index contributed by atoms with van der Waals surface area (Å²) in [5.74, 6) is -0.0566. The first-order chi connectivity index (χ1) is 8.69. The predicted molar refractivity (Wildman–Crippen MR) is 76.6 cm³/mol. The Kier molecular flexibility index (Phi) is 4.09. The summed E-state index contributed by atoms with van der Waals surface area (Å²) in [4.78, 5) is 14.5. The molecule has 1 N–H and O–H groups in total. The van der Waals surface area contributed by atoms with E-state index in [4.69, 9.17) is 27.9 Å². The highest BCUT2D eigenvalue weighted by atomic mass is 35.5. The van der Waals surface area contributed by atoms with Crippen molar-refractivity contribution in [3.8, 4) is 0 Å². The minimum atomic E-state index is -0.903. The van der Waals surface area contributed by atoms with Crippen LogP contribution in [-0.4, -0.2) is 53.5 Å². The Morgan fingerprint density at radius 3 is 2.37 bits per heavy atom. The van der Waals surface area contributed by atoms with Crippen LogP contribution in [0.2, 0.25) is 0 Å². The maximum atomic E-state index is 12.1. The number of morpholine rings is 1. The fraction of sp³-hybridized carbons (Fsp3) is 0.923. The van der Waals surface area contributed by atoms with Gasteiger partial charge >= 0.3 is 0 Å². The Balaban J connectivity index is 1.86. The van der Waals surface area contributed by atoms with Crippen LogP contribution >= 0.6 is 23.2 Å². The molecule has 1 saturated carbocycles. The van der Waals surface area contributed by atoms with Crippen molar-refractivity contribution in [1.82, 2.24) is 10.2 Å². The maximum Gasteiger partial charge on any atom is 0.229 e. The second kappa shape index (κ2) is 5.06. The molecule has 0 radical (unpaired) electrons. The van der Waals surface area contributed by atoms with Gasteiger partial charge in [-0.1, -0.05) is 0 Å². The Bertz CT molecular complexity index is 368. The average molecular weight is 309 g/mol. The van der Waals surface area contributed by atoms with Gasteiger partial charge in [-0.2, -0.15) is 0 Å². The standard InChI is InChI=1S/C13H22Cl2N2O2/c1-11(2,17-4-6-19-7-5-17)9-16-10(18)12(3)8-13(12,14)15/h4-9H2,1-3H3,(H,16,18). The second-order valence-electron chi connectivity index (χ2n) is 6.31. The zero-order valence-corrected chi connectivity index (χ0v) is 13.3. The third-order valence-corrected chi connectivity index (χ3v) is 5.41. The van der Waals surface area contributed by atoms with Crippen LogP contribution in [0.3, 0.4) is 0 Å². The molecule has 0 aromatic rings. The summed E-state index contributed by atoms with van der Waals surface area (Å²) in [6.45, 7) is 9.95. The van der Waals surface area contributed by atoms with E-state index in [1.807, 2.05) is 6.92 Å². The van der Waals surface area contributed by atoms with Crippen molar-refractivity contribution >= 4 is 29.1 Å². The zero-order valence-electron chi connectivity index (χ0n) is 11.8. The number of carbonyl (C=O) groups is 1. The van der Waals surface area contributed by atoms with E-state index in [1.165, 1.54) is 0 Å². The number of hydrogen-bond acceptors (Lipinski definition) is 3. The molecule has 0 aromatic heterocycles. The lowest BCUT2D eigenvalue weighted by Crippen LogP contribution is -2.56. The minimum Gasteiger partial charge on any atom is -0.379 e.